The highest BCUT2D eigenvalue weighted by atomic mass is 127. The summed E-state index contributed by atoms with van der Waals surface area (Å²) in [6, 6.07) is 20.5. The molecule has 0 bridgehead atoms. The van der Waals surface area contributed by atoms with Crippen molar-refractivity contribution in [2.24, 2.45) is 11.5 Å². The molecule has 3 aromatic rings. The van der Waals surface area contributed by atoms with Crippen molar-refractivity contribution in [2.75, 3.05) is 0 Å². The summed E-state index contributed by atoms with van der Waals surface area (Å²) in [5.41, 5.74) is 17.6. The number of nitrogens with two attached hydrogens (primary N) is 2. The maximum Gasteiger partial charge on any atom is 0.122 e. The molecule has 6 heteroatoms. The minimum absolute atomic E-state index is 0.0970. The second kappa shape index (κ2) is 9.04. The third kappa shape index (κ3) is 5.11. The van der Waals surface area contributed by atoms with Gasteiger partial charge >= 0.3 is 0 Å². The molecule has 0 aromatic heterocycles. The first kappa shape index (κ1) is 20.8. The third-order valence-electron chi connectivity index (χ3n) is 4.54. The van der Waals surface area contributed by atoms with Gasteiger partial charge in [-0.3, -0.25) is 10.8 Å². The van der Waals surface area contributed by atoms with Crippen LogP contribution in [-0.2, 0) is 12.8 Å². The summed E-state index contributed by atoms with van der Waals surface area (Å²) in [5, 5.41) is 15.1. The van der Waals surface area contributed by atoms with Gasteiger partial charge in [0, 0.05) is 18.3 Å². The van der Waals surface area contributed by atoms with Crippen LogP contribution in [-0.4, -0.2) is 11.7 Å². The molecule has 0 amide bonds. The molecule has 0 aliphatic carbocycles. The second-order valence-corrected chi connectivity index (χ2v) is 8.93. The van der Waals surface area contributed by atoms with E-state index in [2.05, 4.69) is 69.4 Å². The SMILES string of the molecule is N=C(N)c1ccc(Cc2ccc(Cc3ccc(C(=N)N)cc3I)cc2)c(I)c1. The summed E-state index contributed by atoms with van der Waals surface area (Å²) in [6.07, 6.45) is 1.70. The average molecular weight is 594 g/mol. The van der Waals surface area contributed by atoms with E-state index in [0.717, 1.165) is 31.1 Å². The van der Waals surface area contributed by atoms with Gasteiger partial charge in [0.2, 0.25) is 0 Å². The first-order valence-electron chi connectivity index (χ1n) is 8.67. The van der Waals surface area contributed by atoms with E-state index in [1.165, 1.54) is 22.3 Å². The minimum atomic E-state index is 0.0970. The summed E-state index contributed by atoms with van der Waals surface area (Å²) in [6.45, 7) is 0. The van der Waals surface area contributed by atoms with Crippen molar-refractivity contribution < 1.29 is 0 Å². The lowest BCUT2D eigenvalue weighted by molar-refractivity contribution is 1.14. The van der Waals surface area contributed by atoms with Gasteiger partial charge in [0.1, 0.15) is 11.7 Å². The zero-order valence-electron chi connectivity index (χ0n) is 15.1. The molecule has 3 aromatic carbocycles. The fourth-order valence-corrected chi connectivity index (χ4v) is 4.34. The maximum absolute atomic E-state index is 7.54. The van der Waals surface area contributed by atoms with Gasteiger partial charge in [-0.25, -0.2) is 0 Å². The fourth-order valence-electron chi connectivity index (χ4n) is 2.93. The van der Waals surface area contributed by atoms with E-state index in [-0.39, 0.29) is 11.7 Å². The molecular weight excluding hydrogens is 574 g/mol. The molecule has 0 spiro atoms. The molecule has 0 saturated heterocycles. The van der Waals surface area contributed by atoms with Crippen molar-refractivity contribution in [2.45, 2.75) is 12.8 Å². The van der Waals surface area contributed by atoms with Crippen LogP contribution in [0.3, 0.4) is 0 Å². The Morgan fingerprint density at radius 1 is 0.643 bits per heavy atom. The van der Waals surface area contributed by atoms with E-state index in [0.29, 0.717) is 0 Å². The first-order valence-corrected chi connectivity index (χ1v) is 10.8. The lowest BCUT2D eigenvalue weighted by atomic mass is 9.99. The van der Waals surface area contributed by atoms with Crippen molar-refractivity contribution in [1.82, 2.24) is 0 Å². The number of hydrogen-bond acceptors (Lipinski definition) is 2. The molecule has 0 aliphatic rings. The van der Waals surface area contributed by atoms with E-state index >= 15 is 0 Å². The molecular formula is C22H20I2N4. The highest BCUT2D eigenvalue weighted by molar-refractivity contribution is 14.1. The van der Waals surface area contributed by atoms with E-state index < -0.39 is 0 Å². The van der Waals surface area contributed by atoms with Gasteiger partial charge < -0.3 is 11.5 Å². The zero-order valence-corrected chi connectivity index (χ0v) is 19.4. The molecule has 0 fully saturated rings. The highest BCUT2D eigenvalue weighted by Gasteiger charge is 2.07. The summed E-state index contributed by atoms with van der Waals surface area (Å²) >= 11 is 4.60. The third-order valence-corrected chi connectivity index (χ3v) is 6.55. The van der Waals surface area contributed by atoms with Crippen LogP contribution >= 0.6 is 45.2 Å². The molecule has 3 rings (SSSR count). The Hall–Kier alpha value is -1.94. The number of amidine groups is 2. The van der Waals surface area contributed by atoms with E-state index in [1.54, 1.807) is 0 Å². The molecule has 0 aliphatic heterocycles. The van der Waals surface area contributed by atoms with E-state index in [9.17, 15) is 0 Å². The van der Waals surface area contributed by atoms with Crippen LogP contribution in [0, 0.1) is 18.0 Å². The Labute approximate surface area is 192 Å². The lowest BCUT2D eigenvalue weighted by Gasteiger charge is -2.10. The number of nitrogen functional groups attached to an aromatic ring is 2. The van der Waals surface area contributed by atoms with E-state index in [4.69, 9.17) is 22.3 Å². The molecule has 0 atom stereocenters. The van der Waals surface area contributed by atoms with Gasteiger partial charge in [-0.1, -0.05) is 48.5 Å². The Morgan fingerprint density at radius 2 is 1.00 bits per heavy atom. The average Bonchev–Trinajstić information content (AvgIpc) is 2.66. The van der Waals surface area contributed by atoms with Crippen molar-refractivity contribution in [3.05, 3.63) is 101 Å². The van der Waals surface area contributed by atoms with Crippen molar-refractivity contribution in [3.63, 3.8) is 0 Å². The molecule has 6 N–H and O–H groups in total. The van der Waals surface area contributed by atoms with Crippen LogP contribution in [0.4, 0.5) is 0 Å². The predicted octanol–water partition coefficient (Wildman–Crippen LogP) is 4.65. The molecule has 0 saturated carbocycles. The van der Waals surface area contributed by atoms with Gasteiger partial charge in [-0.15, -0.1) is 0 Å². The molecule has 4 nitrogen and oxygen atoms in total. The standard InChI is InChI=1S/C22H20I2N4/c23-19-11-17(21(25)26)7-5-15(19)9-13-1-2-14(4-3-13)10-16-6-8-18(22(27)28)12-20(16)24/h1-8,11-12H,9-10H2,(H3,25,26)(H3,27,28). The van der Waals surface area contributed by atoms with E-state index in [1.807, 2.05) is 36.4 Å². The zero-order chi connectivity index (χ0) is 20.3. The summed E-state index contributed by atoms with van der Waals surface area (Å²) < 4.78 is 2.24. The van der Waals surface area contributed by atoms with Gasteiger partial charge in [0.25, 0.3) is 0 Å². The molecule has 0 unspecified atom stereocenters. The Balaban J connectivity index is 1.72. The number of rotatable bonds is 6. The Bertz CT molecular complexity index is 958. The van der Waals surface area contributed by atoms with Crippen LogP contribution in [0.25, 0.3) is 0 Å². The van der Waals surface area contributed by atoms with Crippen molar-refractivity contribution in [3.8, 4) is 0 Å². The van der Waals surface area contributed by atoms with Gasteiger partial charge in [-0.05, 0) is 92.4 Å². The Morgan fingerprint density at radius 3 is 1.29 bits per heavy atom. The molecule has 28 heavy (non-hydrogen) atoms. The monoisotopic (exact) mass is 594 g/mol. The molecule has 0 radical (unpaired) electrons. The lowest BCUT2D eigenvalue weighted by Crippen LogP contribution is -2.11. The Kier molecular flexibility index (Phi) is 6.71. The van der Waals surface area contributed by atoms with Gasteiger partial charge in [0.15, 0.2) is 0 Å². The summed E-state index contributed by atoms with van der Waals surface area (Å²) in [4.78, 5) is 0. The van der Waals surface area contributed by atoms with Crippen LogP contribution in [0.1, 0.15) is 33.4 Å². The second-order valence-electron chi connectivity index (χ2n) is 6.61. The topological polar surface area (TPSA) is 99.7 Å². The smallest absolute Gasteiger partial charge is 0.122 e. The molecule has 142 valence electrons. The fraction of sp³-hybridized carbons (Fsp3) is 0.0909. The number of nitrogens with one attached hydrogen (secondary N) is 2. The van der Waals surface area contributed by atoms with Crippen molar-refractivity contribution in [1.29, 1.82) is 10.8 Å². The number of hydrogen-bond donors (Lipinski definition) is 4. The van der Waals surface area contributed by atoms with Crippen LogP contribution < -0.4 is 11.5 Å². The molecule has 0 heterocycles. The largest absolute Gasteiger partial charge is 0.384 e. The van der Waals surface area contributed by atoms with Crippen molar-refractivity contribution >= 4 is 56.9 Å². The summed E-state index contributed by atoms with van der Waals surface area (Å²) in [7, 11) is 0. The first-order chi connectivity index (χ1) is 13.3. The normalized spacial score (nSPS) is 10.6. The predicted molar refractivity (Wildman–Crippen MR) is 132 cm³/mol. The quantitative estimate of drug-likeness (QED) is 0.190. The minimum Gasteiger partial charge on any atom is -0.384 e. The number of halogens is 2. The van der Waals surface area contributed by atoms with Crippen LogP contribution in [0.2, 0.25) is 0 Å². The maximum atomic E-state index is 7.54. The van der Waals surface area contributed by atoms with Crippen LogP contribution in [0.15, 0.2) is 60.7 Å². The van der Waals surface area contributed by atoms with Gasteiger partial charge in [0.05, 0.1) is 0 Å². The van der Waals surface area contributed by atoms with Gasteiger partial charge in [-0.2, -0.15) is 0 Å². The van der Waals surface area contributed by atoms with Crippen LogP contribution in [0.5, 0.6) is 0 Å². The summed E-state index contributed by atoms with van der Waals surface area (Å²) in [5.74, 6) is 0.194. The number of benzene rings is 3. The highest BCUT2D eigenvalue weighted by Crippen LogP contribution is 2.21.